The molecule has 150 valence electrons. The minimum Gasteiger partial charge on any atom is -0.496 e. The number of amides is 1. The summed E-state index contributed by atoms with van der Waals surface area (Å²) in [6, 6.07) is 14.5. The van der Waals surface area contributed by atoms with Gasteiger partial charge in [0.25, 0.3) is 0 Å². The first kappa shape index (κ1) is 20.7. The predicted octanol–water partition coefficient (Wildman–Crippen LogP) is 3.55. The maximum atomic E-state index is 12.7. The number of ether oxygens (including phenoxy) is 1. The van der Waals surface area contributed by atoms with Crippen LogP contribution in [-0.2, 0) is 11.3 Å². The van der Waals surface area contributed by atoms with Crippen LogP contribution in [0, 0.1) is 6.92 Å². The maximum absolute atomic E-state index is 12.7. The molecule has 2 aromatic rings. The summed E-state index contributed by atoms with van der Waals surface area (Å²) in [5.74, 6) is 1.02. The van der Waals surface area contributed by atoms with Crippen molar-refractivity contribution in [3.63, 3.8) is 0 Å². The summed E-state index contributed by atoms with van der Waals surface area (Å²) < 4.78 is 6.45. The number of hydrogen-bond donors (Lipinski definition) is 0. The van der Waals surface area contributed by atoms with Crippen molar-refractivity contribution < 1.29 is 9.53 Å². The van der Waals surface area contributed by atoms with Crippen LogP contribution >= 0.6 is 15.9 Å². The third-order valence-electron chi connectivity index (χ3n) is 5.09. The van der Waals surface area contributed by atoms with Crippen LogP contribution in [0.25, 0.3) is 0 Å². The minimum atomic E-state index is 0.181. The summed E-state index contributed by atoms with van der Waals surface area (Å²) in [6.45, 7) is 6.45. The summed E-state index contributed by atoms with van der Waals surface area (Å²) in [6.07, 6.45) is 0. The van der Waals surface area contributed by atoms with Gasteiger partial charge in [0.15, 0.2) is 0 Å². The molecule has 6 heteroatoms. The van der Waals surface area contributed by atoms with Crippen molar-refractivity contribution in [3.05, 3.63) is 58.1 Å². The second-order valence-corrected chi connectivity index (χ2v) is 8.25. The number of piperazine rings is 1. The van der Waals surface area contributed by atoms with Crippen LogP contribution in [-0.4, -0.2) is 62.6 Å². The molecule has 0 aromatic heterocycles. The van der Waals surface area contributed by atoms with Gasteiger partial charge in [-0.25, -0.2) is 0 Å². The number of carbonyl (C=O) groups excluding carboxylic acids is 1. The summed E-state index contributed by atoms with van der Waals surface area (Å²) in [4.78, 5) is 19.1. The minimum absolute atomic E-state index is 0.181. The zero-order chi connectivity index (χ0) is 20.1. The lowest BCUT2D eigenvalue weighted by atomic mass is 10.2. The Balaban J connectivity index is 1.52. The lowest BCUT2D eigenvalue weighted by molar-refractivity contribution is -0.132. The summed E-state index contributed by atoms with van der Waals surface area (Å²) in [5, 5.41) is 0. The molecule has 1 aliphatic heterocycles. The first-order valence-corrected chi connectivity index (χ1v) is 10.4. The molecule has 0 unspecified atom stereocenters. The van der Waals surface area contributed by atoms with Crippen molar-refractivity contribution in [3.8, 4) is 5.75 Å². The van der Waals surface area contributed by atoms with Crippen molar-refractivity contribution in [2.24, 2.45) is 0 Å². The molecule has 3 rings (SSSR count). The van der Waals surface area contributed by atoms with Gasteiger partial charge in [-0.15, -0.1) is 0 Å². The molecule has 0 atom stereocenters. The van der Waals surface area contributed by atoms with Gasteiger partial charge < -0.3 is 14.5 Å². The number of halogens is 1. The van der Waals surface area contributed by atoms with Gasteiger partial charge in [0.1, 0.15) is 5.75 Å². The fraction of sp³-hybridized carbons (Fsp3) is 0.409. The van der Waals surface area contributed by atoms with E-state index in [4.69, 9.17) is 4.74 Å². The normalized spacial score (nSPS) is 14.5. The first-order valence-electron chi connectivity index (χ1n) is 9.56. The Labute approximate surface area is 176 Å². The average Bonchev–Trinajstić information content (AvgIpc) is 2.68. The van der Waals surface area contributed by atoms with E-state index >= 15 is 0 Å². The Hall–Kier alpha value is -2.05. The Morgan fingerprint density at radius 1 is 1.14 bits per heavy atom. The molecule has 0 N–H and O–H groups in total. The fourth-order valence-corrected chi connectivity index (χ4v) is 4.00. The van der Waals surface area contributed by atoms with Crippen LogP contribution in [0.1, 0.15) is 11.1 Å². The molecule has 28 heavy (non-hydrogen) atoms. The highest BCUT2D eigenvalue weighted by molar-refractivity contribution is 9.10. The third-order valence-corrected chi connectivity index (χ3v) is 5.58. The fourth-order valence-electron chi connectivity index (χ4n) is 3.59. The quantitative estimate of drug-likeness (QED) is 0.680. The number of aryl methyl sites for hydroxylation is 1. The van der Waals surface area contributed by atoms with Crippen molar-refractivity contribution in [1.29, 1.82) is 0 Å². The smallest absolute Gasteiger partial charge is 0.236 e. The number of nitrogens with zero attached hydrogens (tertiary/aromatic N) is 3. The highest BCUT2D eigenvalue weighted by Crippen LogP contribution is 2.24. The monoisotopic (exact) mass is 445 g/mol. The number of benzene rings is 2. The highest BCUT2D eigenvalue weighted by Gasteiger charge is 2.22. The van der Waals surface area contributed by atoms with Crippen LogP contribution in [0.3, 0.4) is 0 Å². The summed E-state index contributed by atoms with van der Waals surface area (Å²) in [5.41, 5.74) is 3.57. The third kappa shape index (κ3) is 5.26. The zero-order valence-electron chi connectivity index (χ0n) is 16.8. The molecule has 0 saturated carbocycles. The van der Waals surface area contributed by atoms with Gasteiger partial charge in [-0.05, 0) is 49.9 Å². The van der Waals surface area contributed by atoms with Crippen molar-refractivity contribution in [2.45, 2.75) is 13.5 Å². The zero-order valence-corrected chi connectivity index (χ0v) is 18.4. The Morgan fingerprint density at radius 2 is 1.89 bits per heavy atom. The van der Waals surface area contributed by atoms with E-state index in [9.17, 15) is 4.79 Å². The first-order chi connectivity index (χ1) is 13.5. The van der Waals surface area contributed by atoms with Gasteiger partial charge in [0.05, 0.1) is 13.7 Å². The number of rotatable bonds is 6. The topological polar surface area (TPSA) is 36.0 Å². The van der Waals surface area contributed by atoms with Crippen LogP contribution in [0.2, 0.25) is 0 Å². The van der Waals surface area contributed by atoms with Crippen molar-refractivity contribution in [1.82, 2.24) is 9.80 Å². The molecule has 0 aliphatic carbocycles. The molecule has 1 aliphatic rings. The molecule has 0 radical (unpaired) electrons. The second-order valence-electron chi connectivity index (χ2n) is 7.34. The van der Waals surface area contributed by atoms with Gasteiger partial charge in [0, 0.05) is 48.4 Å². The summed E-state index contributed by atoms with van der Waals surface area (Å²) in [7, 11) is 3.65. The molecule has 1 heterocycles. The molecule has 1 amide bonds. The van der Waals surface area contributed by atoms with E-state index in [1.165, 1.54) is 11.3 Å². The molecular weight excluding hydrogens is 418 g/mol. The van der Waals surface area contributed by atoms with Gasteiger partial charge in [-0.1, -0.05) is 28.1 Å². The Kier molecular flexibility index (Phi) is 6.97. The summed E-state index contributed by atoms with van der Waals surface area (Å²) >= 11 is 3.50. The van der Waals surface area contributed by atoms with Gasteiger partial charge in [-0.3, -0.25) is 9.69 Å². The van der Waals surface area contributed by atoms with E-state index < -0.39 is 0 Å². The van der Waals surface area contributed by atoms with Crippen LogP contribution in [0.5, 0.6) is 5.75 Å². The SMILES string of the molecule is COc1ccc(Br)cc1CN(C)CC(=O)N1CCN(c2cccc(C)c2)CC1. The number of anilines is 1. The van der Waals surface area contributed by atoms with E-state index in [1.807, 2.05) is 35.0 Å². The maximum Gasteiger partial charge on any atom is 0.236 e. The predicted molar refractivity (Wildman–Crippen MR) is 117 cm³/mol. The molecule has 5 nitrogen and oxygen atoms in total. The number of methoxy groups -OCH3 is 1. The van der Waals surface area contributed by atoms with E-state index in [1.54, 1.807) is 7.11 Å². The molecular formula is C22H28BrN3O2. The van der Waals surface area contributed by atoms with Crippen LogP contribution in [0.4, 0.5) is 5.69 Å². The molecule has 0 spiro atoms. The standard InChI is InChI=1S/C22H28BrN3O2/c1-17-5-4-6-20(13-17)25-9-11-26(12-10-25)22(27)16-24(2)15-18-14-19(23)7-8-21(18)28-3/h4-8,13-14H,9-12,15-16H2,1-3H3. The van der Waals surface area contributed by atoms with E-state index in [-0.39, 0.29) is 5.91 Å². The molecule has 1 saturated heterocycles. The van der Waals surface area contributed by atoms with Crippen LogP contribution < -0.4 is 9.64 Å². The lowest BCUT2D eigenvalue weighted by Gasteiger charge is -2.37. The number of likely N-dealkylation sites (N-methyl/N-ethyl adjacent to an activating group) is 1. The molecule has 0 bridgehead atoms. The van der Waals surface area contributed by atoms with E-state index in [2.05, 4.69) is 52.0 Å². The van der Waals surface area contributed by atoms with Crippen molar-refractivity contribution in [2.75, 3.05) is 51.8 Å². The van der Waals surface area contributed by atoms with E-state index in [0.29, 0.717) is 13.1 Å². The van der Waals surface area contributed by atoms with Gasteiger partial charge in [-0.2, -0.15) is 0 Å². The molecule has 2 aromatic carbocycles. The number of carbonyl (C=O) groups is 1. The molecule has 1 fully saturated rings. The average molecular weight is 446 g/mol. The second kappa shape index (κ2) is 9.43. The van der Waals surface area contributed by atoms with Gasteiger partial charge >= 0.3 is 0 Å². The Morgan fingerprint density at radius 3 is 2.57 bits per heavy atom. The largest absolute Gasteiger partial charge is 0.496 e. The Bertz CT molecular complexity index is 819. The number of hydrogen-bond acceptors (Lipinski definition) is 4. The van der Waals surface area contributed by atoms with E-state index in [0.717, 1.165) is 42.0 Å². The lowest BCUT2D eigenvalue weighted by Crippen LogP contribution is -2.51. The van der Waals surface area contributed by atoms with Crippen LogP contribution in [0.15, 0.2) is 46.9 Å². The van der Waals surface area contributed by atoms with Gasteiger partial charge in [0.2, 0.25) is 5.91 Å². The highest BCUT2D eigenvalue weighted by atomic mass is 79.9. The van der Waals surface area contributed by atoms with Crippen molar-refractivity contribution >= 4 is 27.5 Å².